The standard InChI is InChI=1S/C29H22S/c1-17-12-13-24-26(14-17)30-27-16-25(21-9-5-7-11-23(21)29(24)27)28-19(3)15-18(2)20-8-4-6-10-22(20)28/h4-16H,1-3H3. The fourth-order valence-corrected chi connectivity index (χ4v) is 6.30. The molecule has 0 aliphatic rings. The molecule has 1 aromatic heterocycles. The van der Waals surface area contributed by atoms with Gasteiger partial charge >= 0.3 is 0 Å². The average molecular weight is 403 g/mol. The molecule has 0 radical (unpaired) electrons. The van der Waals surface area contributed by atoms with Gasteiger partial charge in [0.2, 0.25) is 0 Å². The van der Waals surface area contributed by atoms with Crippen LogP contribution in [0.2, 0.25) is 0 Å². The first-order valence-corrected chi connectivity index (χ1v) is 11.3. The van der Waals surface area contributed by atoms with Crippen LogP contribution in [0.4, 0.5) is 0 Å². The van der Waals surface area contributed by atoms with Gasteiger partial charge in [-0.15, -0.1) is 11.3 Å². The second-order valence-corrected chi connectivity index (χ2v) is 9.46. The van der Waals surface area contributed by atoms with Gasteiger partial charge in [-0.1, -0.05) is 66.7 Å². The number of benzene rings is 5. The van der Waals surface area contributed by atoms with Crippen LogP contribution in [-0.4, -0.2) is 0 Å². The van der Waals surface area contributed by atoms with E-state index < -0.39 is 0 Å². The molecule has 0 N–H and O–H groups in total. The highest BCUT2D eigenvalue weighted by Gasteiger charge is 2.17. The molecule has 0 nitrogen and oxygen atoms in total. The maximum atomic E-state index is 2.43. The summed E-state index contributed by atoms with van der Waals surface area (Å²) < 4.78 is 2.74. The second kappa shape index (κ2) is 6.42. The molecule has 6 aromatic rings. The average Bonchev–Trinajstić information content (AvgIpc) is 3.11. The van der Waals surface area contributed by atoms with Crippen LogP contribution in [0.1, 0.15) is 16.7 Å². The Morgan fingerprint density at radius 2 is 1.23 bits per heavy atom. The van der Waals surface area contributed by atoms with Crippen molar-refractivity contribution in [3.63, 3.8) is 0 Å². The zero-order valence-electron chi connectivity index (χ0n) is 17.4. The Morgan fingerprint density at radius 1 is 0.533 bits per heavy atom. The minimum atomic E-state index is 1.32. The van der Waals surface area contributed by atoms with Gasteiger partial charge in [0.15, 0.2) is 0 Å². The van der Waals surface area contributed by atoms with Crippen molar-refractivity contribution < 1.29 is 0 Å². The Kier molecular flexibility index (Phi) is 3.78. The third-order valence-electron chi connectivity index (χ3n) is 6.35. The summed E-state index contributed by atoms with van der Waals surface area (Å²) in [6.45, 7) is 6.64. The highest BCUT2D eigenvalue weighted by atomic mass is 32.1. The fraction of sp³-hybridized carbons (Fsp3) is 0.103. The Bertz CT molecular complexity index is 1610. The summed E-state index contributed by atoms with van der Waals surface area (Å²) in [6, 6.07) is 29.4. The van der Waals surface area contributed by atoms with Gasteiger partial charge in [-0.3, -0.25) is 0 Å². The molecule has 1 heterocycles. The predicted octanol–water partition coefficient (Wildman–Crippen LogP) is 8.95. The first-order chi connectivity index (χ1) is 14.6. The summed E-state index contributed by atoms with van der Waals surface area (Å²) in [6.07, 6.45) is 0. The lowest BCUT2D eigenvalue weighted by atomic mass is 9.88. The van der Waals surface area contributed by atoms with Crippen LogP contribution >= 0.6 is 11.3 Å². The van der Waals surface area contributed by atoms with E-state index in [2.05, 4.69) is 99.6 Å². The summed E-state index contributed by atoms with van der Waals surface area (Å²) in [7, 11) is 0. The topological polar surface area (TPSA) is 0 Å². The van der Waals surface area contributed by atoms with Crippen LogP contribution in [-0.2, 0) is 0 Å². The molecular formula is C29H22S. The molecule has 5 aromatic carbocycles. The van der Waals surface area contributed by atoms with Crippen LogP contribution in [0.5, 0.6) is 0 Å². The lowest BCUT2D eigenvalue weighted by molar-refractivity contribution is 1.43. The summed E-state index contributed by atoms with van der Waals surface area (Å²) in [5.74, 6) is 0. The van der Waals surface area contributed by atoms with E-state index in [1.165, 1.54) is 69.5 Å². The van der Waals surface area contributed by atoms with Gasteiger partial charge in [0.25, 0.3) is 0 Å². The number of hydrogen-bond acceptors (Lipinski definition) is 1. The highest BCUT2D eigenvalue weighted by Crippen LogP contribution is 2.45. The zero-order valence-corrected chi connectivity index (χ0v) is 18.2. The molecular weight excluding hydrogens is 380 g/mol. The van der Waals surface area contributed by atoms with Crippen LogP contribution in [0, 0.1) is 20.8 Å². The van der Waals surface area contributed by atoms with Crippen LogP contribution in [0.15, 0.2) is 78.9 Å². The molecule has 0 fully saturated rings. The smallest absolute Gasteiger partial charge is 0.0368 e. The Balaban J connectivity index is 1.83. The molecule has 0 saturated heterocycles. The molecule has 0 amide bonds. The van der Waals surface area contributed by atoms with Crippen molar-refractivity contribution in [2.75, 3.05) is 0 Å². The van der Waals surface area contributed by atoms with Crippen molar-refractivity contribution in [3.8, 4) is 11.1 Å². The second-order valence-electron chi connectivity index (χ2n) is 8.38. The van der Waals surface area contributed by atoms with E-state index in [1.54, 1.807) is 0 Å². The fourth-order valence-electron chi connectivity index (χ4n) is 5.04. The van der Waals surface area contributed by atoms with E-state index >= 15 is 0 Å². The first-order valence-electron chi connectivity index (χ1n) is 10.5. The quantitative estimate of drug-likeness (QED) is 0.257. The molecule has 0 bridgehead atoms. The van der Waals surface area contributed by atoms with Gasteiger partial charge < -0.3 is 0 Å². The summed E-state index contributed by atoms with van der Waals surface area (Å²) in [5.41, 5.74) is 6.71. The van der Waals surface area contributed by atoms with Gasteiger partial charge in [0, 0.05) is 20.2 Å². The predicted molar refractivity (Wildman–Crippen MR) is 134 cm³/mol. The first kappa shape index (κ1) is 17.7. The summed E-state index contributed by atoms with van der Waals surface area (Å²) in [4.78, 5) is 0. The molecule has 0 atom stereocenters. The van der Waals surface area contributed by atoms with Crippen LogP contribution in [0.3, 0.4) is 0 Å². The van der Waals surface area contributed by atoms with E-state index in [-0.39, 0.29) is 0 Å². The monoisotopic (exact) mass is 402 g/mol. The normalized spacial score (nSPS) is 11.8. The van der Waals surface area contributed by atoms with E-state index in [0.29, 0.717) is 0 Å². The molecule has 0 spiro atoms. The zero-order chi connectivity index (χ0) is 20.4. The van der Waals surface area contributed by atoms with E-state index in [4.69, 9.17) is 0 Å². The molecule has 0 aliphatic carbocycles. The van der Waals surface area contributed by atoms with Gasteiger partial charge in [0.1, 0.15) is 0 Å². The Morgan fingerprint density at radius 3 is 2.03 bits per heavy atom. The van der Waals surface area contributed by atoms with Crippen molar-refractivity contribution in [1.29, 1.82) is 0 Å². The van der Waals surface area contributed by atoms with Crippen LogP contribution in [0.25, 0.3) is 52.8 Å². The Hall–Kier alpha value is -3.16. The third kappa shape index (κ3) is 2.45. The summed E-state index contributed by atoms with van der Waals surface area (Å²) in [5, 5.41) is 8.13. The number of fused-ring (bicyclic) bond motifs is 6. The minimum absolute atomic E-state index is 1.32. The molecule has 0 unspecified atom stereocenters. The largest absolute Gasteiger partial charge is 0.135 e. The van der Waals surface area contributed by atoms with E-state index in [9.17, 15) is 0 Å². The number of thiophene rings is 1. The van der Waals surface area contributed by atoms with Gasteiger partial charge in [0.05, 0.1) is 0 Å². The minimum Gasteiger partial charge on any atom is -0.135 e. The lowest BCUT2D eigenvalue weighted by Gasteiger charge is -2.16. The maximum absolute atomic E-state index is 2.43. The van der Waals surface area contributed by atoms with Crippen molar-refractivity contribution in [2.24, 2.45) is 0 Å². The molecule has 0 aliphatic heterocycles. The van der Waals surface area contributed by atoms with E-state index in [0.717, 1.165) is 0 Å². The lowest BCUT2D eigenvalue weighted by Crippen LogP contribution is -1.91. The molecule has 0 saturated carbocycles. The SMILES string of the molecule is Cc1ccc2c(c1)sc1cc(-c3c(C)cc(C)c4ccccc34)c3ccccc3c12. The van der Waals surface area contributed by atoms with Crippen molar-refractivity contribution in [3.05, 3.63) is 95.6 Å². The third-order valence-corrected chi connectivity index (χ3v) is 7.45. The van der Waals surface area contributed by atoms with Gasteiger partial charge in [-0.05, 0) is 82.3 Å². The molecule has 1 heteroatoms. The molecule has 144 valence electrons. The van der Waals surface area contributed by atoms with Gasteiger partial charge in [-0.2, -0.15) is 0 Å². The molecule has 30 heavy (non-hydrogen) atoms. The summed E-state index contributed by atoms with van der Waals surface area (Å²) >= 11 is 1.91. The van der Waals surface area contributed by atoms with E-state index in [1.807, 2.05) is 11.3 Å². The maximum Gasteiger partial charge on any atom is 0.0368 e. The molecule has 6 rings (SSSR count). The van der Waals surface area contributed by atoms with Gasteiger partial charge in [-0.25, -0.2) is 0 Å². The van der Waals surface area contributed by atoms with Crippen molar-refractivity contribution in [1.82, 2.24) is 0 Å². The van der Waals surface area contributed by atoms with Crippen molar-refractivity contribution >= 4 is 53.1 Å². The number of hydrogen-bond donors (Lipinski definition) is 0. The van der Waals surface area contributed by atoms with Crippen LogP contribution < -0.4 is 0 Å². The van der Waals surface area contributed by atoms with Crippen molar-refractivity contribution in [2.45, 2.75) is 20.8 Å². The number of rotatable bonds is 1. The highest BCUT2D eigenvalue weighted by molar-refractivity contribution is 7.26. The Labute approximate surface area is 180 Å². The number of aryl methyl sites for hydroxylation is 3.